The molecule has 4 rings (SSSR count). The van der Waals surface area contributed by atoms with Crippen LogP contribution in [0.3, 0.4) is 0 Å². The van der Waals surface area contributed by atoms with E-state index >= 15 is 0 Å². The first-order valence-electron chi connectivity index (χ1n) is 7.27. The molecule has 1 aliphatic heterocycles. The molecular formula is C14H15N7O. The first-order valence-corrected chi connectivity index (χ1v) is 7.27. The largest absolute Gasteiger partial charge is 0.336 e. The molecule has 3 aromatic rings. The molecule has 1 unspecified atom stereocenters. The van der Waals surface area contributed by atoms with E-state index in [9.17, 15) is 4.79 Å². The number of amides is 1. The molecule has 8 nitrogen and oxygen atoms in total. The van der Waals surface area contributed by atoms with E-state index in [2.05, 4.69) is 25.6 Å². The summed E-state index contributed by atoms with van der Waals surface area (Å²) in [5.74, 6) is 1.00. The lowest BCUT2D eigenvalue weighted by molar-refractivity contribution is 0.0698. The number of aromatic nitrogens is 6. The van der Waals surface area contributed by atoms with Gasteiger partial charge >= 0.3 is 0 Å². The van der Waals surface area contributed by atoms with Gasteiger partial charge in [-0.3, -0.25) is 9.20 Å². The number of H-pyrrole nitrogens is 1. The van der Waals surface area contributed by atoms with Crippen LogP contribution < -0.4 is 0 Å². The van der Waals surface area contributed by atoms with E-state index in [1.807, 2.05) is 33.7 Å². The highest BCUT2D eigenvalue weighted by molar-refractivity contribution is 5.92. The predicted molar refractivity (Wildman–Crippen MR) is 77.2 cm³/mol. The number of fused-ring (bicyclic) bond motifs is 1. The van der Waals surface area contributed by atoms with Crippen molar-refractivity contribution >= 4 is 11.6 Å². The van der Waals surface area contributed by atoms with E-state index in [0.717, 1.165) is 30.9 Å². The maximum absolute atomic E-state index is 12.4. The smallest absolute Gasteiger partial charge is 0.276 e. The number of hydrogen-bond acceptors (Lipinski definition) is 5. The molecule has 1 amide bonds. The van der Waals surface area contributed by atoms with Gasteiger partial charge in [-0.05, 0) is 25.0 Å². The minimum atomic E-state index is -0.0905. The van der Waals surface area contributed by atoms with Gasteiger partial charge in [0.05, 0.1) is 6.20 Å². The number of carbonyl (C=O) groups excluding carboxylic acids is 1. The summed E-state index contributed by atoms with van der Waals surface area (Å²) in [6.07, 6.45) is 5.36. The highest BCUT2D eigenvalue weighted by atomic mass is 16.2. The van der Waals surface area contributed by atoms with E-state index in [0.29, 0.717) is 12.2 Å². The average molecular weight is 297 g/mol. The first kappa shape index (κ1) is 12.9. The maximum atomic E-state index is 12.4. The van der Waals surface area contributed by atoms with Crippen molar-refractivity contribution in [3.63, 3.8) is 0 Å². The highest BCUT2D eigenvalue weighted by Gasteiger charge is 2.29. The number of nitrogens with one attached hydrogen (secondary N) is 1. The minimum absolute atomic E-state index is 0.0905. The number of carbonyl (C=O) groups is 1. The molecule has 0 aliphatic carbocycles. The third-order valence-electron chi connectivity index (χ3n) is 4.05. The third-order valence-corrected chi connectivity index (χ3v) is 4.05. The molecule has 4 heterocycles. The van der Waals surface area contributed by atoms with E-state index in [1.165, 1.54) is 6.20 Å². The zero-order chi connectivity index (χ0) is 14.9. The van der Waals surface area contributed by atoms with Crippen LogP contribution in [-0.2, 0) is 0 Å². The van der Waals surface area contributed by atoms with Crippen LogP contribution in [0.25, 0.3) is 5.65 Å². The van der Waals surface area contributed by atoms with E-state index in [1.54, 1.807) is 0 Å². The molecule has 0 aromatic carbocycles. The summed E-state index contributed by atoms with van der Waals surface area (Å²) in [5.41, 5.74) is 1.18. The number of nitrogens with zero attached hydrogens (tertiary/aromatic N) is 6. The Morgan fingerprint density at radius 2 is 2.27 bits per heavy atom. The van der Waals surface area contributed by atoms with Gasteiger partial charge in [0.2, 0.25) is 0 Å². The number of likely N-dealkylation sites (tertiary alicyclic amines) is 1. The Labute approximate surface area is 126 Å². The molecule has 22 heavy (non-hydrogen) atoms. The molecule has 0 bridgehead atoms. The first-order chi connectivity index (χ1) is 10.8. The molecule has 1 fully saturated rings. The van der Waals surface area contributed by atoms with Crippen molar-refractivity contribution in [1.29, 1.82) is 0 Å². The van der Waals surface area contributed by atoms with Crippen molar-refractivity contribution in [3.05, 3.63) is 42.1 Å². The lowest BCUT2D eigenvalue weighted by atomic mass is 9.97. The molecule has 8 heteroatoms. The van der Waals surface area contributed by atoms with Gasteiger partial charge in [0.1, 0.15) is 5.82 Å². The number of pyridine rings is 1. The molecule has 3 aromatic heterocycles. The second-order valence-electron chi connectivity index (χ2n) is 5.43. The van der Waals surface area contributed by atoms with Crippen molar-refractivity contribution in [2.75, 3.05) is 13.1 Å². The van der Waals surface area contributed by atoms with Crippen molar-refractivity contribution < 1.29 is 4.79 Å². The molecule has 0 radical (unpaired) electrons. The summed E-state index contributed by atoms with van der Waals surface area (Å²) in [4.78, 5) is 14.2. The van der Waals surface area contributed by atoms with Crippen molar-refractivity contribution in [3.8, 4) is 0 Å². The fourth-order valence-corrected chi connectivity index (χ4v) is 2.98. The van der Waals surface area contributed by atoms with Crippen molar-refractivity contribution in [1.82, 2.24) is 34.9 Å². The quantitative estimate of drug-likeness (QED) is 0.757. The zero-order valence-corrected chi connectivity index (χ0v) is 11.9. The SMILES string of the molecule is O=C(c1cn[nH]n1)N1CCCC(c2nnc3ccccn23)C1. The van der Waals surface area contributed by atoms with Crippen LogP contribution in [-0.4, -0.2) is 53.9 Å². The number of rotatable bonds is 2. The standard InChI is InChI=1S/C14H15N7O/c22-14(11-8-15-19-16-11)20-6-3-4-10(9-20)13-18-17-12-5-1-2-7-21(12)13/h1-2,5,7-8,10H,3-4,6,9H2,(H,15,16,19). The molecule has 0 spiro atoms. The monoisotopic (exact) mass is 297 g/mol. The lowest BCUT2D eigenvalue weighted by Gasteiger charge is -2.31. The van der Waals surface area contributed by atoms with E-state index in [-0.39, 0.29) is 11.8 Å². The van der Waals surface area contributed by atoms with Crippen LogP contribution in [0.1, 0.15) is 35.1 Å². The van der Waals surface area contributed by atoms with Gasteiger partial charge < -0.3 is 4.90 Å². The van der Waals surface area contributed by atoms with E-state index < -0.39 is 0 Å². The second kappa shape index (κ2) is 5.21. The zero-order valence-electron chi connectivity index (χ0n) is 11.9. The average Bonchev–Trinajstić information content (AvgIpc) is 3.24. The van der Waals surface area contributed by atoms with Crippen LogP contribution in [0.15, 0.2) is 30.6 Å². The number of hydrogen-bond donors (Lipinski definition) is 1. The van der Waals surface area contributed by atoms with Crippen molar-refractivity contribution in [2.45, 2.75) is 18.8 Å². The Morgan fingerprint density at radius 1 is 1.32 bits per heavy atom. The Kier molecular flexibility index (Phi) is 3.06. The number of aromatic amines is 1. The molecule has 1 aliphatic rings. The Hall–Kier alpha value is -2.77. The fraction of sp³-hybridized carbons (Fsp3) is 0.357. The molecule has 1 N–H and O–H groups in total. The second-order valence-corrected chi connectivity index (χ2v) is 5.43. The Morgan fingerprint density at radius 3 is 3.14 bits per heavy atom. The summed E-state index contributed by atoms with van der Waals surface area (Å²) < 4.78 is 1.99. The molecule has 1 atom stereocenters. The lowest BCUT2D eigenvalue weighted by Crippen LogP contribution is -2.39. The number of piperidine rings is 1. The molecule has 0 saturated carbocycles. The van der Waals surface area contributed by atoms with Crippen LogP contribution in [0.2, 0.25) is 0 Å². The maximum Gasteiger partial charge on any atom is 0.276 e. The van der Waals surface area contributed by atoms with Gasteiger partial charge in [0.25, 0.3) is 5.91 Å². The van der Waals surface area contributed by atoms with Gasteiger partial charge in [-0.1, -0.05) is 6.07 Å². The summed E-state index contributed by atoms with van der Waals surface area (Å²) in [5, 5.41) is 18.6. The molecular weight excluding hydrogens is 282 g/mol. The summed E-state index contributed by atoms with van der Waals surface area (Å²) >= 11 is 0. The topological polar surface area (TPSA) is 92.1 Å². The van der Waals surface area contributed by atoms with Gasteiger partial charge in [-0.15, -0.1) is 10.2 Å². The summed E-state index contributed by atoms with van der Waals surface area (Å²) in [6.45, 7) is 1.36. The van der Waals surface area contributed by atoms with Crippen LogP contribution in [0, 0.1) is 0 Å². The third kappa shape index (κ3) is 2.12. The van der Waals surface area contributed by atoms with Crippen LogP contribution >= 0.6 is 0 Å². The van der Waals surface area contributed by atoms with E-state index in [4.69, 9.17) is 0 Å². The van der Waals surface area contributed by atoms with Gasteiger partial charge in [0, 0.05) is 25.2 Å². The Bertz CT molecular complexity index is 794. The normalized spacial score (nSPS) is 18.7. The summed E-state index contributed by atoms with van der Waals surface area (Å²) in [6, 6.07) is 5.83. The van der Waals surface area contributed by atoms with Gasteiger partial charge in [0.15, 0.2) is 11.3 Å². The predicted octanol–water partition coefficient (Wildman–Crippen LogP) is 0.867. The Balaban J connectivity index is 1.60. The minimum Gasteiger partial charge on any atom is -0.336 e. The van der Waals surface area contributed by atoms with Crippen LogP contribution in [0.4, 0.5) is 0 Å². The highest BCUT2D eigenvalue weighted by Crippen LogP contribution is 2.26. The molecule has 1 saturated heterocycles. The van der Waals surface area contributed by atoms with Crippen molar-refractivity contribution in [2.24, 2.45) is 0 Å². The van der Waals surface area contributed by atoms with Gasteiger partial charge in [-0.2, -0.15) is 15.4 Å². The summed E-state index contributed by atoms with van der Waals surface area (Å²) in [7, 11) is 0. The molecule has 112 valence electrons. The van der Waals surface area contributed by atoms with Gasteiger partial charge in [-0.25, -0.2) is 0 Å². The van der Waals surface area contributed by atoms with Crippen LogP contribution in [0.5, 0.6) is 0 Å². The fourth-order valence-electron chi connectivity index (χ4n) is 2.98.